The van der Waals surface area contributed by atoms with E-state index in [1.807, 2.05) is 44.0 Å². The number of anilines is 1. The molecule has 1 heterocycles. The Morgan fingerprint density at radius 1 is 1.37 bits per heavy atom. The molecule has 0 aliphatic carbocycles. The van der Waals surface area contributed by atoms with E-state index < -0.39 is 6.10 Å². The second-order valence-corrected chi connectivity index (χ2v) is 5.00. The van der Waals surface area contributed by atoms with Gasteiger partial charge >= 0.3 is 0 Å². The van der Waals surface area contributed by atoms with E-state index in [1.165, 1.54) is 0 Å². The smallest absolute Gasteiger partial charge is 0.157 e. The average molecular weight is 281 g/mol. The van der Waals surface area contributed by atoms with Crippen molar-refractivity contribution < 1.29 is 9.63 Å². The molecular weight excluding hydrogens is 264 g/mol. The number of nitrogens with zero attached hydrogens (tertiary/aromatic N) is 2. The van der Waals surface area contributed by atoms with Gasteiger partial charge in [0.05, 0.1) is 6.10 Å². The number of aliphatic hydroxyl groups excluding tert-OH is 1. The molecule has 0 fully saturated rings. The van der Waals surface area contributed by atoms with E-state index in [0.29, 0.717) is 11.6 Å². The molecule has 0 amide bonds. The number of aromatic nitrogens is 1. The molecule has 0 radical (unpaired) electrons. The van der Waals surface area contributed by atoms with Gasteiger partial charge < -0.3 is 14.5 Å². The minimum absolute atomic E-state index is 0.423. The SMILES string of the molecule is Cc1noc(C)c1N(C)CC(O)c1ccccc1Cl. The largest absolute Gasteiger partial charge is 0.387 e. The molecule has 0 bridgehead atoms. The zero-order valence-corrected chi connectivity index (χ0v) is 12.0. The second kappa shape index (κ2) is 5.63. The lowest BCUT2D eigenvalue weighted by Gasteiger charge is -2.23. The van der Waals surface area contributed by atoms with Gasteiger partial charge in [-0.3, -0.25) is 0 Å². The summed E-state index contributed by atoms with van der Waals surface area (Å²) in [7, 11) is 1.90. The Morgan fingerprint density at radius 2 is 2.05 bits per heavy atom. The average Bonchev–Trinajstić information content (AvgIpc) is 2.69. The van der Waals surface area contributed by atoms with Crippen LogP contribution in [0.4, 0.5) is 5.69 Å². The fourth-order valence-electron chi connectivity index (χ4n) is 2.22. The molecule has 1 atom stereocenters. The molecule has 0 spiro atoms. The summed E-state index contributed by atoms with van der Waals surface area (Å²) >= 11 is 6.08. The van der Waals surface area contributed by atoms with Gasteiger partial charge in [-0.2, -0.15) is 0 Å². The summed E-state index contributed by atoms with van der Waals surface area (Å²) in [6, 6.07) is 7.31. The lowest BCUT2D eigenvalue weighted by Crippen LogP contribution is -2.25. The van der Waals surface area contributed by atoms with Crippen LogP contribution in [-0.4, -0.2) is 23.9 Å². The van der Waals surface area contributed by atoms with E-state index in [1.54, 1.807) is 6.07 Å². The number of benzene rings is 1. The highest BCUT2D eigenvalue weighted by Crippen LogP contribution is 2.27. The number of hydrogen-bond donors (Lipinski definition) is 1. The van der Waals surface area contributed by atoms with E-state index in [2.05, 4.69) is 5.16 Å². The first kappa shape index (κ1) is 13.9. The zero-order chi connectivity index (χ0) is 14.0. The van der Waals surface area contributed by atoms with Crippen LogP contribution >= 0.6 is 11.6 Å². The minimum Gasteiger partial charge on any atom is -0.387 e. The molecule has 0 saturated heterocycles. The monoisotopic (exact) mass is 280 g/mol. The predicted molar refractivity (Wildman–Crippen MR) is 75.7 cm³/mol. The summed E-state index contributed by atoms with van der Waals surface area (Å²) in [5.41, 5.74) is 2.44. The molecule has 1 unspecified atom stereocenters. The molecule has 2 rings (SSSR count). The van der Waals surface area contributed by atoms with Gasteiger partial charge in [-0.25, -0.2) is 0 Å². The van der Waals surface area contributed by atoms with Crippen molar-refractivity contribution >= 4 is 17.3 Å². The molecule has 1 aromatic heterocycles. The van der Waals surface area contributed by atoms with Crippen molar-refractivity contribution in [3.05, 3.63) is 46.3 Å². The minimum atomic E-state index is -0.660. The maximum atomic E-state index is 10.3. The van der Waals surface area contributed by atoms with Gasteiger partial charge in [0.25, 0.3) is 0 Å². The van der Waals surface area contributed by atoms with E-state index >= 15 is 0 Å². The van der Waals surface area contributed by atoms with E-state index in [0.717, 1.165) is 22.7 Å². The number of rotatable bonds is 4. The first-order chi connectivity index (χ1) is 9.00. The molecule has 4 nitrogen and oxygen atoms in total. The predicted octanol–water partition coefficient (Wildman–Crippen LogP) is 3.11. The van der Waals surface area contributed by atoms with Gasteiger partial charge in [0.2, 0.25) is 0 Å². The Kier molecular flexibility index (Phi) is 4.12. The van der Waals surface area contributed by atoms with Gasteiger partial charge in [-0.05, 0) is 19.9 Å². The molecule has 2 aromatic rings. The maximum absolute atomic E-state index is 10.3. The van der Waals surface area contributed by atoms with Crippen LogP contribution in [0.25, 0.3) is 0 Å². The summed E-state index contributed by atoms with van der Waals surface area (Å²) in [4.78, 5) is 1.93. The summed E-state index contributed by atoms with van der Waals surface area (Å²) < 4.78 is 5.13. The number of aryl methyl sites for hydroxylation is 2. The normalized spacial score (nSPS) is 12.5. The Morgan fingerprint density at radius 3 is 2.63 bits per heavy atom. The van der Waals surface area contributed by atoms with Crippen LogP contribution in [0.2, 0.25) is 5.02 Å². The van der Waals surface area contributed by atoms with Gasteiger partial charge in [-0.1, -0.05) is 35.0 Å². The van der Waals surface area contributed by atoms with Crippen molar-refractivity contribution in [2.45, 2.75) is 20.0 Å². The first-order valence-electron chi connectivity index (χ1n) is 6.07. The van der Waals surface area contributed by atoms with E-state index in [-0.39, 0.29) is 0 Å². The van der Waals surface area contributed by atoms with Crippen LogP contribution < -0.4 is 4.90 Å². The standard InChI is InChI=1S/C14H17ClN2O2/c1-9-14(10(2)19-16-9)17(3)8-13(18)11-6-4-5-7-12(11)15/h4-7,13,18H,8H2,1-3H3. The fourth-order valence-corrected chi connectivity index (χ4v) is 2.48. The number of halogens is 1. The van der Waals surface area contributed by atoms with Gasteiger partial charge in [0.1, 0.15) is 11.4 Å². The number of hydrogen-bond acceptors (Lipinski definition) is 4. The van der Waals surface area contributed by atoms with Crippen molar-refractivity contribution in [1.82, 2.24) is 5.16 Å². The van der Waals surface area contributed by atoms with E-state index in [9.17, 15) is 5.11 Å². The molecular formula is C14H17ClN2O2. The van der Waals surface area contributed by atoms with Crippen LogP contribution in [0.3, 0.4) is 0 Å². The summed E-state index contributed by atoms with van der Waals surface area (Å²) in [6.45, 7) is 4.16. The molecule has 0 aliphatic heterocycles. The third kappa shape index (κ3) is 2.91. The van der Waals surface area contributed by atoms with E-state index in [4.69, 9.17) is 16.1 Å². The lowest BCUT2D eigenvalue weighted by atomic mass is 10.1. The molecule has 1 N–H and O–H groups in total. The van der Waals surface area contributed by atoms with Gasteiger partial charge in [0, 0.05) is 24.2 Å². The maximum Gasteiger partial charge on any atom is 0.157 e. The molecule has 102 valence electrons. The van der Waals surface area contributed by atoms with Crippen LogP contribution in [-0.2, 0) is 0 Å². The Balaban J connectivity index is 2.16. The third-order valence-electron chi connectivity index (χ3n) is 3.09. The Labute approximate surface area is 117 Å². The molecule has 0 aliphatic rings. The summed E-state index contributed by atoms with van der Waals surface area (Å²) in [5.74, 6) is 0.742. The van der Waals surface area contributed by atoms with Crippen LogP contribution in [0.15, 0.2) is 28.8 Å². The highest BCUT2D eigenvalue weighted by Gasteiger charge is 2.18. The van der Waals surface area contributed by atoms with Crippen molar-refractivity contribution in [2.75, 3.05) is 18.5 Å². The molecule has 0 saturated carbocycles. The molecule has 5 heteroatoms. The van der Waals surface area contributed by atoms with Crippen LogP contribution in [0.5, 0.6) is 0 Å². The number of likely N-dealkylation sites (N-methyl/N-ethyl adjacent to an activating group) is 1. The fraction of sp³-hybridized carbons (Fsp3) is 0.357. The summed E-state index contributed by atoms with van der Waals surface area (Å²) in [6.07, 6.45) is -0.660. The molecule has 1 aromatic carbocycles. The van der Waals surface area contributed by atoms with Crippen molar-refractivity contribution in [2.24, 2.45) is 0 Å². The Hall–Kier alpha value is -1.52. The van der Waals surface area contributed by atoms with Crippen molar-refractivity contribution in [1.29, 1.82) is 0 Å². The van der Waals surface area contributed by atoms with Gasteiger partial charge in [0.15, 0.2) is 5.76 Å². The van der Waals surface area contributed by atoms with Crippen molar-refractivity contribution in [3.8, 4) is 0 Å². The zero-order valence-electron chi connectivity index (χ0n) is 11.2. The quantitative estimate of drug-likeness (QED) is 0.935. The Bertz CT molecular complexity index is 549. The topological polar surface area (TPSA) is 49.5 Å². The van der Waals surface area contributed by atoms with Crippen LogP contribution in [0.1, 0.15) is 23.1 Å². The second-order valence-electron chi connectivity index (χ2n) is 4.59. The third-order valence-corrected chi connectivity index (χ3v) is 3.43. The summed E-state index contributed by atoms with van der Waals surface area (Å²) in [5, 5.41) is 14.8. The van der Waals surface area contributed by atoms with Crippen LogP contribution in [0, 0.1) is 13.8 Å². The number of aliphatic hydroxyl groups is 1. The first-order valence-corrected chi connectivity index (χ1v) is 6.45. The lowest BCUT2D eigenvalue weighted by molar-refractivity contribution is 0.185. The van der Waals surface area contributed by atoms with Gasteiger partial charge in [-0.15, -0.1) is 0 Å². The highest BCUT2D eigenvalue weighted by atomic mass is 35.5. The van der Waals surface area contributed by atoms with Crippen molar-refractivity contribution in [3.63, 3.8) is 0 Å². The highest BCUT2D eigenvalue weighted by molar-refractivity contribution is 6.31. The molecule has 19 heavy (non-hydrogen) atoms.